The van der Waals surface area contributed by atoms with Crippen LogP contribution in [0.1, 0.15) is 11.1 Å². The third-order valence-corrected chi connectivity index (χ3v) is 4.89. The van der Waals surface area contributed by atoms with Crippen molar-refractivity contribution >= 4 is 32.3 Å². The summed E-state index contributed by atoms with van der Waals surface area (Å²) in [6.45, 7) is 3.07. The molecule has 22 heavy (non-hydrogen) atoms. The van der Waals surface area contributed by atoms with Gasteiger partial charge in [0.05, 0.1) is 0 Å². The fourth-order valence-electron chi connectivity index (χ4n) is 2.87. The number of benzene rings is 3. The highest BCUT2D eigenvalue weighted by Gasteiger charge is 2.13. The normalized spacial score (nSPS) is 10.8. The summed E-state index contributed by atoms with van der Waals surface area (Å²) in [5, 5.41) is 2.66. The van der Waals surface area contributed by atoms with Crippen molar-refractivity contribution in [2.24, 2.45) is 0 Å². The molecule has 110 valence electrons. The van der Waals surface area contributed by atoms with E-state index in [1.807, 2.05) is 11.3 Å². The molecule has 0 saturated heterocycles. The van der Waals surface area contributed by atoms with E-state index in [0.29, 0.717) is 0 Å². The van der Waals surface area contributed by atoms with Gasteiger partial charge in [-0.05, 0) is 29.3 Å². The number of rotatable bonds is 2. The summed E-state index contributed by atoms with van der Waals surface area (Å²) in [5.74, 6) is 0. The molecule has 0 atom stereocenters. The summed E-state index contributed by atoms with van der Waals surface area (Å²) < 4.78 is 3.71. The Bertz CT molecular complexity index is 937. The van der Waals surface area contributed by atoms with E-state index in [2.05, 4.69) is 77.7 Å². The molecule has 0 N–H and O–H groups in total. The van der Waals surface area contributed by atoms with Gasteiger partial charge in [-0.25, -0.2) is 0 Å². The van der Waals surface area contributed by atoms with E-state index in [1.165, 1.54) is 32.1 Å². The first kappa shape index (κ1) is 15.2. The van der Waals surface area contributed by atoms with E-state index < -0.39 is 0 Å². The van der Waals surface area contributed by atoms with E-state index in [9.17, 15) is 0 Å². The highest BCUT2D eigenvalue weighted by atomic mass is 79.9. The Balaban J connectivity index is 0.00000144. The summed E-state index contributed by atoms with van der Waals surface area (Å²) >= 11 is 1.82. The Morgan fingerprint density at radius 3 is 2.68 bits per heavy atom. The number of halogens is 1. The largest absolute Gasteiger partial charge is 1.00 e. The second-order valence-electron chi connectivity index (χ2n) is 5.46. The fraction of sp³-hybridized carbons (Fsp3) is 0.105. The number of fused-ring (bicyclic) bond motifs is 2. The van der Waals surface area contributed by atoms with Crippen molar-refractivity contribution in [3.63, 3.8) is 0 Å². The average Bonchev–Trinajstić information content (AvgIpc) is 2.90. The van der Waals surface area contributed by atoms with Crippen molar-refractivity contribution in [3.8, 4) is 0 Å². The molecule has 1 aromatic heterocycles. The zero-order chi connectivity index (χ0) is 14.2. The second kappa shape index (κ2) is 6.19. The first-order chi connectivity index (χ1) is 10.3. The monoisotopic (exact) mass is 369 g/mol. The summed E-state index contributed by atoms with van der Waals surface area (Å²) in [6, 6.07) is 21.8. The highest BCUT2D eigenvalue weighted by Crippen LogP contribution is 2.21. The summed E-state index contributed by atoms with van der Waals surface area (Å²) in [7, 11) is 0. The zero-order valence-electron chi connectivity index (χ0n) is 12.3. The number of aromatic nitrogens is 1. The highest BCUT2D eigenvalue weighted by molar-refractivity contribution is 7.16. The first-order valence-corrected chi connectivity index (χ1v) is 8.03. The van der Waals surface area contributed by atoms with Crippen LogP contribution in [0.2, 0.25) is 0 Å². The minimum absolute atomic E-state index is 0. The lowest BCUT2D eigenvalue weighted by molar-refractivity contribution is -0.657. The van der Waals surface area contributed by atoms with E-state index in [4.69, 9.17) is 0 Å². The molecule has 0 aliphatic rings. The number of nitrogens with zero attached hydrogens (tertiary/aromatic N) is 1. The summed E-state index contributed by atoms with van der Waals surface area (Å²) in [6.07, 6.45) is 0. The van der Waals surface area contributed by atoms with E-state index >= 15 is 0 Å². The first-order valence-electron chi connectivity index (χ1n) is 7.15. The Morgan fingerprint density at radius 2 is 1.77 bits per heavy atom. The molecule has 0 radical (unpaired) electrons. The third kappa shape index (κ3) is 2.67. The van der Waals surface area contributed by atoms with Crippen LogP contribution in [0.3, 0.4) is 0 Å². The lowest BCUT2D eigenvalue weighted by atomic mass is 10.0. The maximum atomic E-state index is 2.35. The molecule has 3 heteroatoms. The lowest BCUT2D eigenvalue weighted by Crippen LogP contribution is -3.00. The van der Waals surface area contributed by atoms with Crippen LogP contribution in [0.25, 0.3) is 21.0 Å². The van der Waals surface area contributed by atoms with Gasteiger partial charge < -0.3 is 17.0 Å². The van der Waals surface area contributed by atoms with Gasteiger partial charge in [-0.15, -0.1) is 0 Å². The van der Waals surface area contributed by atoms with Crippen LogP contribution in [0.4, 0.5) is 0 Å². The standard InChI is InChI=1S/C19H16NS.BrH/c1-14-9-10-18-19(11-14)21-13-20(18)12-16-7-4-6-15-5-2-3-8-17(15)16;/h2-11,13H,12H2,1H3;1H/q+1;/p-1. The van der Waals surface area contributed by atoms with Crippen molar-refractivity contribution in [2.75, 3.05) is 0 Å². The van der Waals surface area contributed by atoms with Crippen LogP contribution in [0, 0.1) is 6.92 Å². The maximum absolute atomic E-state index is 2.35. The van der Waals surface area contributed by atoms with Crippen LogP contribution in [-0.4, -0.2) is 0 Å². The molecule has 0 fully saturated rings. The van der Waals surface area contributed by atoms with Gasteiger partial charge in [0.25, 0.3) is 0 Å². The Morgan fingerprint density at radius 1 is 0.955 bits per heavy atom. The molecule has 0 bridgehead atoms. The quantitative estimate of drug-likeness (QED) is 0.473. The Kier molecular flexibility index (Phi) is 4.27. The molecule has 0 aliphatic heterocycles. The van der Waals surface area contributed by atoms with Crippen LogP contribution in [0.15, 0.2) is 66.2 Å². The maximum Gasteiger partial charge on any atom is 0.226 e. The molecule has 0 aliphatic carbocycles. The molecule has 0 spiro atoms. The van der Waals surface area contributed by atoms with Gasteiger partial charge in [0.15, 0.2) is 6.54 Å². The van der Waals surface area contributed by atoms with Gasteiger partial charge in [-0.2, -0.15) is 4.57 Å². The van der Waals surface area contributed by atoms with Crippen LogP contribution >= 0.6 is 11.3 Å². The Hall–Kier alpha value is -1.71. The SMILES string of the molecule is Cc1ccc2c(c1)sc[n+]2Cc1cccc2ccccc12.[Br-]. The molecule has 0 unspecified atom stereocenters. The summed E-state index contributed by atoms with van der Waals surface area (Å²) in [5.41, 5.74) is 6.24. The van der Waals surface area contributed by atoms with Gasteiger partial charge >= 0.3 is 0 Å². The molecular formula is C19H16BrNS. The summed E-state index contributed by atoms with van der Waals surface area (Å²) in [4.78, 5) is 0. The molecule has 4 rings (SSSR count). The van der Waals surface area contributed by atoms with Crippen molar-refractivity contribution in [3.05, 3.63) is 77.3 Å². The van der Waals surface area contributed by atoms with Crippen molar-refractivity contribution in [2.45, 2.75) is 13.5 Å². The predicted molar refractivity (Wildman–Crippen MR) is 89.8 cm³/mol. The molecule has 4 aromatic rings. The number of hydrogen-bond donors (Lipinski definition) is 0. The zero-order valence-corrected chi connectivity index (χ0v) is 14.7. The van der Waals surface area contributed by atoms with Gasteiger partial charge in [0.1, 0.15) is 4.70 Å². The number of thiazole rings is 1. The third-order valence-electron chi connectivity index (χ3n) is 3.95. The fourth-order valence-corrected chi connectivity index (χ4v) is 3.86. The number of hydrogen-bond acceptors (Lipinski definition) is 1. The van der Waals surface area contributed by atoms with E-state index in [-0.39, 0.29) is 17.0 Å². The smallest absolute Gasteiger partial charge is 0.226 e. The number of aryl methyl sites for hydroxylation is 1. The topological polar surface area (TPSA) is 3.88 Å². The average molecular weight is 370 g/mol. The molecule has 3 aromatic carbocycles. The van der Waals surface area contributed by atoms with E-state index in [0.717, 1.165) is 6.54 Å². The minimum Gasteiger partial charge on any atom is -1.00 e. The van der Waals surface area contributed by atoms with Crippen LogP contribution in [-0.2, 0) is 6.54 Å². The van der Waals surface area contributed by atoms with Crippen LogP contribution in [0.5, 0.6) is 0 Å². The molecular weight excluding hydrogens is 354 g/mol. The predicted octanol–water partition coefficient (Wildman–Crippen LogP) is 1.70. The van der Waals surface area contributed by atoms with Crippen molar-refractivity contribution < 1.29 is 21.5 Å². The molecule has 1 heterocycles. The van der Waals surface area contributed by atoms with Crippen molar-refractivity contribution in [1.82, 2.24) is 0 Å². The van der Waals surface area contributed by atoms with E-state index in [1.54, 1.807) is 0 Å². The van der Waals surface area contributed by atoms with Crippen LogP contribution < -0.4 is 21.5 Å². The molecule has 0 amide bonds. The Labute approximate surface area is 144 Å². The second-order valence-corrected chi connectivity index (χ2v) is 6.35. The van der Waals surface area contributed by atoms with Crippen molar-refractivity contribution in [1.29, 1.82) is 0 Å². The molecule has 0 saturated carbocycles. The van der Waals surface area contributed by atoms with Gasteiger partial charge in [-0.3, -0.25) is 0 Å². The lowest BCUT2D eigenvalue weighted by Gasteiger charge is -2.03. The van der Waals surface area contributed by atoms with Gasteiger partial charge in [0.2, 0.25) is 11.0 Å². The molecule has 1 nitrogen and oxygen atoms in total. The minimum atomic E-state index is 0. The van der Waals surface area contributed by atoms with Gasteiger partial charge in [0, 0.05) is 11.6 Å². The van der Waals surface area contributed by atoms with Gasteiger partial charge in [-0.1, -0.05) is 59.9 Å².